The highest BCUT2D eigenvalue weighted by atomic mass is 35.5. The van der Waals surface area contributed by atoms with Gasteiger partial charge in [0, 0.05) is 22.3 Å². The van der Waals surface area contributed by atoms with E-state index in [9.17, 15) is 4.79 Å². The summed E-state index contributed by atoms with van der Waals surface area (Å²) < 4.78 is 5.24. The summed E-state index contributed by atoms with van der Waals surface area (Å²) in [6, 6.07) is 11.2. The van der Waals surface area contributed by atoms with E-state index in [2.05, 4.69) is 5.32 Å². The van der Waals surface area contributed by atoms with Crippen LogP contribution in [0.3, 0.4) is 0 Å². The number of amides is 1. The van der Waals surface area contributed by atoms with Gasteiger partial charge < -0.3 is 10.1 Å². The molecule has 114 valence electrons. The van der Waals surface area contributed by atoms with Crippen LogP contribution in [0.15, 0.2) is 42.5 Å². The van der Waals surface area contributed by atoms with Crippen molar-refractivity contribution in [3.63, 3.8) is 0 Å². The first kappa shape index (κ1) is 16.1. The number of hydrogen-bond acceptors (Lipinski definition) is 2. The molecule has 0 spiro atoms. The Bertz CT molecular complexity index is 723. The molecule has 0 heterocycles. The van der Waals surface area contributed by atoms with E-state index in [1.165, 1.54) is 6.08 Å². The standard InChI is InChI=1S/C18H18ClNO2/c1-12-4-7-16(13(2)10-12)20-18(21)9-5-14-11-15(19)6-8-17(14)22-3/h4-11H,1-3H3,(H,20,21)/b9-5+. The SMILES string of the molecule is COc1ccc(Cl)cc1/C=C/C(=O)Nc1ccc(C)cc1C. The van der Waals surface area contributed by atoms with Gasteiger partial charge in [-0.3, -0.25) is 4.79 Å². The molecule has 0 aliphatic carbocycles. The maximum absolute atomic E-state index is 12.0. The average Bonchev–Trinajstić information content (AvgIpc) is 2.48. The van der Waals surface area contributed by atoms with Crippen molar-refractivity contribution in [2.75, 3.05) is 12.4 Å². The van der Waals surface area contributed by atoms with E-state index < -0.39 is 0 Å². The van der Waals surface area contributed by atoms with Crippen molar-refractivity contribution in [2.24, 2.45) is 0 Å². The van der Waals surface area contributed by atoms with E-state index in [4.69, 9.17) is 16.3 Å². The highest BCUT2D eigenvalue weighted by Gasteiger charge is 2.04. The summed E-state index contributed by atoms with van der Waals surface area (Å²) in [6.07, 6.45) is 3.15. The van der Waals surface area contributed by atoms with Crippen molar-refractivity contribution in [2.45, 2.75) is 13.8 Å². The smallest absolute Gasteiger partial charge is 0.248 e. The van der Waals surface area contributed by atoms with Gasteiger partial charge >= 0.3 is 0 Å². The quantitative estimate of drug-likeness (QED) is 0.836. The lowest BCUT2D eigenvalue weighted by molar-refractivity contribution is -0.111. The number of nitrogens with one attached hydrogen (secondary N) is 1. The lowest BCUT2D eigenvalue weighted by atomic mass is 10.1. The van der Waals surface area contributed by atoms with Crippen molar-refractivity contribution in [1.82, 2.24) is 0 Å². The monoisotopic (exact) mass is 315 g/mol. The van der Waals surface area contributed by atoms with Crippen LogP contribution in [0.1, 0.15) is 16.7 Å². The van der Waals surface area contributed by atoms with Crippen molar-refractivity contribution < 1.29 is 9.53 Å². The highest BCUT2D eigenvalue weighted by molar-refractivity contribution is 6.30. The molecule has 3 nitrogen and oxygen atoms in total. The van der Waals surface area contributed by atoms with Crippen molar-refractivity contribution in [3.05, 3.63) is 64.2 Å². The van der Waals surface area contributed by atoms with E-state index in [0.29, 0.717) is 10.8 Å². The summed E-state index contributed by atoms with van der Waals surface area (Å²) in [4.78, 5) is 12.0. The van der Waals surface area contributed by atoms with Crippen LogP contribution in [-0.2, 0) is 4.79 Å². The third-order valence-corrected chi connectivity index (χ3v) is 3.48. The lowest BCUT2D eigenvalue weighted by Gasteiger charge is -2.07. The minimum Gasteiger partial charge on any atom is -0.496 e. The van der Waals surface area contributed by atoms with Crippen LogP contribution >= 0.6 is 11.6 Å². The number of rotatable bonds is 4. The third kappa shape index (κ3) is 4.12. The number of ether oxygens (including phenoxy) is 1. The molecule has 0 bridgehead atoms. The van der Waals surface area contributed by atoms with Gasteiger partial charge in [-0.25, -0.2) is 0 Å². The predicted molar refractivity (Wildman–Crippen MR) is 91.6 cm³/mol. The number of carbonyl (C=O) groups excluding carboxylic acids is 1. The summed E-state index contributed by atoms with van der Waals surface area (Å²) >= 11 is 5.96. The molecule has 22 heavy (non-hydrogen) atoms. The normalized spacial score (nSPS) is 10.7. The van der Waals surface area contributed by atoms with Gasteiger partial charge in [-0.15, -0.1) is 0 Å². The Kier molecular flexibility index (Phi) is 5.23. The van der Waals surface area contributed by atoms with Crippen LogP contribution in [0, 0.1) is 13.8 Å². The maximum Gasteiger partial charge on any atom is 0.248 e. The molecule has 0 aromatic heterocycles. The zero-order valence-corrected chi connectivity index (χ0v) is 13.6. The number of carbonyl (C=O) groups is 1. The minimum atomic E-state index is -0.200. The second-order valence-electron chi connectivity index (χ2n) is 5.03. The molecular formula is C18H18ClNO2. The van der Waals surface area contributed by atoms with E-state index in [1.807, 2.05) is 32.0 Å². The number of halogens is 1. The second kappa shape index (κ2) is 7.14. The molecular weight excluding hydrogens is 298 g/mol. The molecule has 2 rings (SSSR count). The van der Waals surface area contributed by atoms with Gasteiger partial charge in [0.2, 0.25) is 5.91 Å². The first-order valence-corrected chi connectivity index (χ1v) is 7.27. The Balaban J connectivity index is 2.13. The van der Waals surface area contributed by atoms with Gasteiger partial charge in [0.1, 0.15) is 5.75 Å². The molecule has 0 unspecified atom stereocenters. The minimum absolute atomic E-state index is 0.200. The molecule has 0 atom stereocenters. The molecule has 1 N–H and O–H groups in total. The molecule has 0 radical (unpaired) electrons. The van der Waals surface area contributed by atoms with E-state index in [1.54, 1.807) is 31.4 Å². The summed E-state index contributed by atoms with van der Waals surface area (Å²) in [7, 11) is 1.58. The van der Waals surface area contributed by atoms with E-state index in [0.717, 1.165) is 22.4 Å². The van der Waals surface area contributed by atoms with Crippen LogP contribution in [0.2, 0.25) is 5.02 Å². The highest BCUT2D eigenvalue weighted by Crippen LogP contribution is 2.24. The maximum atomic E-state index is 12.0. The Morgan fingerprint density at radius 1 is 1.18 bits per heavy atom. The van der Waals surface area contributed by atoms with Crippen molar-refractivity contribution in [3.8, 4) is 5.75 Å². The zero-order valence-electron chi connectivity index (χ0n) is 12.8. The number of benzene rings is 2. The first-order chi connectivity index (χ1) is 10.5. The largest absolute Gasteiger partial charge is 0.496 e. The molecule has 2 aromatic rings. The summed E-state index contributed by atoms with van der Waals surface area (Å²) in [5.41, 5.74) is 3.75. The van der Waals surface area contributed by atoms with Gasteiger partial charge in [-0.2, -0.15) is 0 Å². The van der Waals surface area contributed by atoms with Gasteiger partial charge in [-0.1, -0.05) is 29.3 Å². The summed E-state index contributed by atoms with van der Waals surface area (Å²) in [5, 5.41) is 3.45. The van der Waals surface area contributed by atoms with Gasteiger partial charge in [0.15, 0.2) is 0 Å². The average molecular weight is 316 g/mol. The van der Waals surface area contributed by atoms with Crippen LogP contribution in [-0.4, -0.2) is 13.0 Å². The first-order valence-electron chi connectivity index (χ1n) is 6.89. The Hall–Kier alpha value is -2.26. The Morgan fingerprint density at radius 3 is 2.64 bits per heavy atom. The van der Waals surface area contributed by atoms with Crippen LogP contribution < -0.4 is 10.1 Å². The topological polar surface area (TPSA) is 38.3 Å². The Labute approximate surface area is 135 Å². The molecule has 2 aromatic carbocycles. The molecule has 0 aliphatic rings. The molecule has 0 aliphatic heterocycles. The molecule has 1 amide bonds. The van der Waals surface area contributed by atoms with Crippen LogP contribution in [0.5, 0.6) is 5.75 Å². The lowest BCUT2D eigenvalue weighted by Crippen LogP contribution is -2.09. The Morgan fingerprint density at radius 2 is 1.95 bits per heavy atom. The number of aryl methyl sites for hydroxylation is 2. The molecule has 0 fully saturated rings. The summed E-state index contributed by atoms with van der Waals surface area (Å²) in [5.74, 6) is 0.467. The molecule has 0 saturated heterocycles. The van der Waals surface area contributed by atoms with Crippen LogP contribution in [0.4, 0.5) is 5.69 Å². The predicted octanol–water partition coefficient (Wildman–Crippen LogP) is 4.62. The van der Waals surface area contributed by atoms with Crippen LogP contribution in [0.25, 0.3) is 6.08 Å². The zero-order chi connectivity index (χ0) is 16.1. The molecule has 4 heteroatoms. The number of anilines is 1. The van der Waals surface area contributed by atoms with Gasteiger partial charge in [-0.05, 0) is 49.8 Å². The molecule has 0 saturated carbocycles. The fourth-order valence-corrected chi connectivity index (χ4v) is 2.31. The van der Waals surface area contributed by atoms with E-state index in [-0.39, 0.29) is 5.91 Å². The van der Waals surface area contributed by atoms with Crippen molar-refractivity contribution in [1.29, 1.82) is 0 Å². The van der Waals surface area contributed by atoms with Crippen molar-refractivity contribution >= 4 is 29.3 Å². The van der Waals surface area contributed by atoms with Gasteiger partial charge in [0.05, 0.1) is 7.11 Å². The fourth-order valence-electron chi connectivity index (χ4n) is 2.13. The summed E-state index contributed by atoms with van der Waals surface area (Å²) in [6.45, 7) is 3.98. The third-order valence-electron chi connectivity index (χ3n) is 3.25. The number of hydrogen-bond donors (Lipinski definition) is 1. The van der Waals surface area contributed by atoms with Gasteiger partial charge in [0.25, 0.3) is 0 Å². The second-order valence-corrected chi connectivity index (χ2v) is 5.46. The fraction of sp³-hybridized carbons (Fsp3) is 0.167. The van der Waals surface area contributed by atoms with E-state index >= 15 is 0 Å². The number of methoxy groups -OCH3 is 1.